The molecule has 0 aliphatic heterocycles. The van der Waals surface area contributed by atoms with Gasteiger partial charge in [-0.05, 0) is 29.8 Å². The molecule has 5 nitrogen and oxygen atoms in total. The third kappa shape index (κ3) is 4.76. The van der Waals surface area contributed by atoms with Crippen LogP contribution < -0.4 is 4.90 Å². The van der Waals surface area contributed by atoms with Gasteiger partial charge in [-0.25, -0.2) is 9.37 Å². The molecule has 0 radical (unpaired) electrons. The van der Waals surface area contributed by atoms with Crippen LogP contribution in [0.4, 0.5) is 10.1 Å². The van der Waals surface area contributed by atoms with Crippen molar-refractivity contribution < 1.29 is 13.6 Å². The van der Waals surface area contributed by atoms with E-state index < -0.39 is 0 Å². The molecule has 0 N–H and O–H groups in total. The van der Waals surface area contributed by atoms with Gasteiger partial charge in [0.1, 0.15) is 5.82 Å². The summed E-state index contributed by atoms with van der Waals surface area (Å²) in [5.74, 6) is 0.439. The van der Waals surface area contributed by atoms with Crippen LogP contribution in [0.3, 0.4) is 0 Å². The van der Waals surface area contributed by atoms with E-state index in [1.165, 1.54) is 12.3 Å². The Hall–Kier alpha value is -3.15. The van der Waals surface area contributed by atoms with E-state index in [9.17, 15) is 9.18 Å². The maximum absolute atomic E-state index is 13.8. The first kappa shape index (κ1) is 19.6. The Morgan fingerprint density at radius 3 is 2.46 bits per heavy atom. The SMILES string of the molecule is CN(Cc1ccc(N(C)C)cc1)C(=O)CCc1ncc(-c2ccccc2F)o1. The molecule has 6 heteroatoms. The summed E-state index contributed by atoms with van der Waals surface area (Å²) in [4.78, 5) is 20.3. The maximum Gasteiger partial charge on any atom is 0.223 e. The highest BCUT2D eigenvalue weighted by Crippen LogP contribution is 2.23. The van der Waals surface area contributed by atoms with Gasteiger partial charge in [0.05, 0.1) is 11.8 Å². The van der Waals surface area contributed by atoms with Crippen molar-refractivity contribution >= 4 is 11.6 Å². The van der Waals surface area contributed by atoms with Crippen LogP contribution >= 0.6 is 0 Å². The summed E-state index contributed by atoms with van der Waals surface area (Å²) in [6.07, 6.45) is 2.15. The van der Waals surface area contributed by atoms with Gasteiger partial charge in [0.2, 0.25) is 5.91 Å². The van der Waals surface area contributed by atoms with E-state index in [1.807, 2.05) is 43.3 Å². The van der Waals surface area contributed by atoms with Crippen molar-refractivity contribution in [3.63, 3.8) is 0 Å². The molecule has 1 heterocycles. The van der Waals surface area contributed by atoms with Crippen molar-refractivity contribution in [3.8, 4) is 11.3 Å². The van der Waals surface area contributed by atoms with Crippen LogP contribution in [0.25, 0.3) is 11.3 Å². The van der Waals surface area contributed by atoms with Gasteiger partial charge in [-0.2, -0.15) is 0 Å². The second-order valence-electron chi connectivity index (χ2n) is 6.91. The number of rotatable bonds is 7. The van der Waals surface area contributed by atoms with Gasteiger partial charge >= 0.3 is 0 Å². The molecule has 28 heavy (non-hydrogen) atoms. The third-order valence-corrected chi connectivity index (χ3v) is 4.54. The van der Waals surface area contributed by atoms with E-state index in [0.717, 1.165) is 11.3 Å². The van der Waals surface area contributed by atoms with Gasteiger partial charge in [0.15, 0.2) is 11.7 Å². The molecular weight excluding hydrogens is 357 g/mol. The smallest absolute Gasteiger partial charge is 0.223 e. The average molecular weight is 381 g/mol. The van der Waals surface area contributed by atoms with Crippen molar-refractivity contribution in [1.29, 1.82) is 0 Å². The third-order valence-electron chi connectivity index (χ3n) is 4.54. The molecule has 0 bridgehead atoms. The highest BCUT2D eigenvalue weighted by Gasteiger charge is 2.14. The number of halogens is 1. The van der Waals surface area contributed by atoms with Crippen LogP contribution in [-0.4, -0.2) is 36.9 Å². The average Bonchev–Trinajstić information content (AvgIpc) is 3.15. The molecule has 2 aromatic carbocycles. The lowest BCUT2D eigenvalue weighted by Crippen LogP contribution is -2.26. The molecule has 0 unspecified atom stereocenters. The Balaban J connectivity index is 1.54. The molecule has 3 aromatic rings. The minimum atomic E-state index is -0.360. The Kier molecular flexibility index (Phi) is 6.09. The summed E-state index contributed by atoms with van der Waals surface area (Å²) in [5.41, 5.74) is 2.55. The van der Waals surface area contributed by atoms with Crippen molar-refractivity contribution in [2.24, 2.45) is 0 Å². The van der Waals surface area contributed by atoms with E-state index >= 15 is 0 Å². The lowest BCUT2D eigenvalue weighted by Gasteiger charge is -2.18. The van der Waals surface area contributed by atoms with Crippen LogP contribution in [0.1, 0.15) is 17.9 Å². The number of anilines is 1. The summed E-state index contributed by atoms with van der Waals surface area (Å²) < 4.78 is 19.4. The van der Waals surface area contributed by atoms with E-state index in [0.29, 0.717) is 30.2 Å². The Labute approximate surface area is 164 Å². The highest BCUT2D eigenvalue weighted by molar-refractivity contribution is 5.76. The standard InChI is InChI=1S/C22H24FN3O2/c1-25(2)17-10-8-16(9-11-17)15-26(3)22(27)13-12-21-24-14-20(28-21)18-6-4-5-7-19(18)23/h4-11,14H,12-13,15H2,1-3H3. The Morgan fingerprint density at radius 1 is 1.07 bits per heavy atom. The summed E-state index contributed by atoms with van der Waals surface area (Å²) in [7, 11) is 5.76. The molecule has 0 aliphatic carbocycles. The summed E-state index contributed by atoms with van der Waals surface area (Å²) >= 11 is 0. The van der Waals surface area contributed by atoms with Gasteiger partial charge in [-0.3, -0.25) is 4.79 Å². The zero-order valence-electron chi connectivity index (χ0n) is 16.4. The van der Waals surface area contributed by atoms with Gasteiger partial charge in [0, 0.05) is 46.2 Å². The lowest BCUT2D eigenvalue weighted by molar-refractivity contribution is -0.130. The van der Waals surface area contributed by atoms with Crippen molar-refractivity contribution in [2.45, 2.75) is 19.4 Å². The topological polar surface area (TPSA) is 49.6 Å². The van der Waals surface area contributed by atoms with E-state index in [1.54, 1.807) is 30.1 Å². The van der Waals surface area contributed by atoms with Crippen LogP contribution in [0.15, 0.2) is 59.1 Å². The zero-order chi connectivity index (χ0) is 20.1. The molecule has 0 fully saturated rings. The molecule has 1 amide bonds. The first-order valence-corrected chi connectivity index (χ1v) is 9.14. The molecule has 0 atom stereocenters. The molecule has 3 rings (SSSR count). The minimum Gasteiger partial charge on any atom is -0.441 e. The normalized spacial score (nSPS) is 10.7. The number of oxazole rings is 1. The first-order valence-electron chi connectivity index (χ1n) is 9.14. The number of hydrogen-bond acceptors (Lipinski definition) is 4. The molecule has 0 saturated carbocycles. The van der Waals surface area contributed by atoms with E-state index in [2.05, 4.69) is 4.98 Å². The van der Waals surface area contributed by atoms with Crippen molar-refractivity contribution in [2.75, 3.05) is 26.0 Å². The Morgan fingerprint density at radius 2 is 1.79 bits per heavy atom. The molecule has 0 spiro atoms. The molecule has 0 aliphatic rings. The van der Waals surface area contributed by atoms with Gasteiger partial charge < -0.3 is 14.2 Å². The number of aryl methyl sites for hydroxylation is 1. The predicted molar refractivity (Wildman–Crippen MR) is 107 cm³/mol. The quantitative estimate of drug-likeness (QED) is 0.617. The molecule has 0 saturated heterocycles. The largest absolute Gasteiger partial charge is 0.441 e. The first-order chi connectivity index (χ1) is 13.4. The summed E-state index contributed by atoms with van der Waals surface area (Å²) in [5, 5.41) is 0. The maximum atomic E-state index is 13.8. The van der Waals surface area contributed by atoms with Gasteiger partial charge in [0.25, 0.3) is 0 Å². The predicted octanol–water partition coefficient (Wildman–Crippen LogP) is 4.14. The second-order valence-corrected chi connectivity index (χ2v) is 6.91. The molecule has 1 aromatic heterocycles. The second kappa shape index (κ2) is 8.69. The van der Waals surface area contributed by atoms with Crippen LogP contribution in [-0.2, 0) is 17.8 Å². The van der Waals surface area contributed by atoms with Crippen LogP contribution in [0.5, 0.6) is 0 Å². The molecule has 146 valence electrons. The molecular formula is C22H24FN3O2. The van der Waals surface area contributed by atoms with Gasteiger partial charge in [-0.1, -0.05) is 24.3 Å². The van der Waals surface area contributed by atoms with Crippen molar-refractivity contribution in [3.05, 3.63) is 72.0 Å². The lowest BCUT2D eigenvalue weighted by atomic mass is 10.2. The number of carbonyl (C=O) groups is 1. The van der Waals surface area contributed by atoms with Crippen LogP contribution in [0.2, 0.25) is 0 Å². The monoisotopic (exact) mass is 381 g/mol. The van der Waals surface area contributed by atoms with Crippen LogP contribution in [0, 0.1) is 5.82 Å². The fourth-order valence-electron chi connectivity index (χ4n) is 2.88. The number of amides is 1. The minimum absolute atomic E-state index is 0.00216. The van der Waals surface area contributed by atoms with Gasteiger partial charge in [-0.15, -0.1) is 0 Å². The number of benzene rings is 2. The van der Waals surface area contributed by atoms with E-state index in [4.69, 9.17) is 4.42 Å². The fourth-order valence-corrected chi connectivity index (χ4v) is 2.88. The summed E-state index contributed by atoms with van der Waals surface area (Å²) in [6.45, 7) is 0.540. The number of hydrogen-bond donors (Lipinski definition) is 0. The zero-order valence-corrected chi connectivity index (χ0v) is 16.4. The summed E-state index contributed by atoms with van der Waals surface area (Å²) in [6, 6.07) is 14.5. The number of nitrogens with zero attached hydrogens (tertiary/aromatic N) is 3. The Bertz CT molecular complexity index is 935. The van der Waals surface area contributed by atoms with Crippen molar-refractivity contribution in [1.82, 2.24) is 9.88 Å². The fraction of sp³-hybridized carbons (Fsp3) is 0.273. The highest BCUT2D eigenvalue weighted by atomic mass is 19.1. The number of carbonyl (C=O) groups excluding carboxylic acids is 1. The number of aromatic nitrogens is 1. The van der Waals surface area contributed by atoms with E-state index in [-0.39, 0.29) is 18.1 Å².